The fourth-order valence-electron chi connectivity index (χ4n) is 6.44. The molecule has 0 aliphatic heterocycles. The second kappa shape index (κ2) is 9.70. The van der Waals surface area contributed by atoms with Crippen molar-refractivity contribution in [1.29, 1.82) is 0 Å². The van der Waals surface area contributed by atoms with E-state index in [9.17, 15) is 18.0 Å². The molecule has 1 aromatic rings. The Morgan fingerprint density at radius 1 is 1.00 bits per heavy atom. The lowest BCUT2D eigenvalue weighted by atomic mass is 9.63. The Bertz CT molecular complexity index is 1040. The molecule has 1 saturated carbocycles. The highest BCUT2D eigenvalue weighted by molar-refractivity contribution is 7.92. The standard InChI is InChI=1S/C26H38O6SSi/c1-17(2)34(18(3)4,19(5)6)32-16-26-15-22(27)24(21(25(26)28)13-14-23(26)31-7)33(29,30)20-11-9-8-10-12-20/h8-12,14,17-19,21,24H,13,15-16H2,1-7H3/t21-,24?,26+/m1/s1. The summed E-state index contributed by atoms with van der Waals surface area (Å²) in [6.07, 6.45) is 1.73. The molecule has 0 N–H and O–H groups in total. The van der Waals surface area contributed by atoms with Gasteiger partial charge in [-0.1, -0.05) is 59.7 Å². The van der Waals surface area contributed by atoms with Crippen LogP contribution in [0.2, 0.25) is 16.6 Å². The fourth-order valence-corrected chi connectivity index (χ4v) is 13.9. The third kappa shape index (κ3) is 4.11. The van der Waals surface area contributed by atoms with Gasteiger partial charge in [-0.2, -0.15) is 0 Å². The van der Waals surface area contributed by atoms with Crippen LogP contribution in [0.15, 0.2) is 47.1 Å². The van der Waals surface area contributed by atoms with Crippen LogP contribution in [0.5, 0.6) is 0 Å². The average Bonchev–Trinajstić information content (AvgIpc) is 2.75. The Hall–Kier alpha value is -1.77. The number of carbonyl (C=O) groups is 2. The van der Waals surface area contributed by atoms with Gasteiger partial charge in [-0.15, -0.1) is 0 Å². The first-order valence-electron chi connectivity index (χ1n) is 12.1. The van der Waals surface area contributed by atoms with Gasteiger partial charge in [0.1, 0.15) is 16.4 Å². The van der Waals surface area contributed by atoms with Crippen molar-refractivity contribution in [2.75, 3.05) is 13.7 Å². The molecule has 0 spiro atoms. The number of fused-ring (bicyclic) bond motifs is 2. The van der Waals surface area contributed by atoms with Gasteiger partial charge in [0.15, 0.2) is 29.7 Å². The third-order valence-electron chi connectivity index (χ3n) is 7.90. The van der Waals surface area contributed by atoms with Crippen LogP contribution in [0.4, 0.5) is 0 Å². The summed E-state index contributed by atoms with van der Waals surface area (Å²) in [5.41, 5.74) is -0.356. The molecule has 1 unspecified atom stereocenters. The van der Waals surface area contributed by atoms with Gasteiger partial charge in [0.05, 0.1) is 18.6 Å². The molecule has 2 bridgehead atoms. The minimum absolute atomic E-state index is 0.0482. The molecule has 1 fully saturated rings. The predicted octanol–water partition coefficient (Wildman–Crippen LogP) is 5.10. The number of hydrogen-bond donors (Lipinski definition) is 0. The largest absolute Gasteiger partial charge is 0.500 e. The zero-order valence-electron chi connectivity index (χ0n) is 21.3. The molecule has 3 rings (SSSR count). The molecule has 2 aliphatic carbocycles. The Morgan fingerprint density at radius 2 is 1.56 bits per heavy atom. The Labute approximate surface area is 205 Å². The Balaban J connectivity index is 2.04. The van der Waals surface area contributed by atoms with Gasteiger partial charge in [0, 0.05) is 12.3 Å². The molecule has 0 radical (unpaired) electrons. The van der Waals surface area contributed by atoms with Crippen molar-refractivity contribution in [3.05, 3.63) is 42.2 Å². The highest BCUT2D eigenvalue weighted by Crippen LogP contribution is 2.51. The Kier molecular flexibility index (Phi) is 7.66. The van der Waals surface area contributed by atoms with Crippen LogP contribution in [0.3, 0.4) is 0 Å². The number of carbonyl (C=O) groups excluding carboxylic acids is 2. The maximum absolute atomic E-state index is 14.0. The van der Waals surface area contributed by atoms with Crippen molar-refractivity contribution in [2.24, 2.45) is 11.3 Å². The van der Waals surface area contributed by atoms with Crippen LogP contribution in [0, 0.1) is 11.3 Å². The van der Waals surface area contributed by atoms with Crippen LogP contribution in [0.25, 0.3) is 0 Å². The number of methoxy groups -OCH3 is 1. The molecule has 0 heterocycles. The molecule has 0 aromatic heterocycles. The van der Waals surface area contributed by atoms with E-state index in [-0.39, 0.29) is 30.1 Å². The minimum atomic E-state index is -4.00. The summed E-state index contributed by atoms with van der Waals surface area (Å²) in [7, 11) is -4.84. The first-order valence-corrected chi connectivity index (χ1v) is 15.8. The summed E-state index contributed by atoms with van der Waals surface area (Å²) < 4.78 is 39.3. The van der Waals surface area contributed by atoms with Crippen molar-refractivity contribution in [1.82, 2.24) is 0 Å². The second-order valence-corrected chi connectivity index (χ2v) is 18.1. The molecule has 3 atom stereocenters. The van der Waals surface area contributed by atoms with E-state index in [1.807, 2.05) is 0 Å². The minimum Gasteiger partial charge on any atom is -0.500 e. The zero-order valence-corrected chi connectivity index (χ0v) is 23.1. The highest BCUT2D eigenvalue weighted by Gasteiger charge is 2.61. The average molecular weight is 507 g/mol. The number of sulfone groups is 1. The summed E-state index contributed by atoms with van der Waals surface area (Å²) in [5.74, 6) is -1.21. The van der Waals surface area contributed by atoms with Crippen LogP contribution >= 0.6 is 0 Å². The van der Waals surface area contributed by atoms with E-state index in [0.717, 1.165) is 0 Å². The maximum Gasteiger partial charge on any atom is 0.200 e. The van der Waals surface area contributed by atoms with Crippen molar-refractivity contribution in [2.45, 2.75) is 81.2 Å². The normalized spacial score (nSPS) is 25.8. The van der Waals surface area contributed by atoms with Crippen LogP contribution in [-0.4, -0.2) is 47.3 Å². The van der Waals surface area contributed by atoms with Crippen LogP contribution in [-0.2, 0) is 28.6 Å². The molecule has 8 heteroatoms. The summed E-state index contributed by atoms with van der Waals surface area (Å²) in [6, 6.07) is 7.92. The lowest BCUT2D eigenvalue weighted by Crippen LogP contribution is -2.60. The fraction of sp³-hybridized carbons (Fsp3) is 0.615. The van der Waals surface area contributed by atoms with Gasteiger partial charge in [0.2, 0.25) is 0 Å². The van der Waals surface area contributed by atoms with Crippen molar-refractivity contribution in [3.8, 4) is 0 Å². The van der Waals surface area contributed by atoms with Gasteiger partial charge in [-0.3, -0.25) is 9.59 Å². The summed E-state index contributed by atoms with van der Waals surface area (Å²) in [5, 5.41) is -1.38. The lowest BCUT2D eigenvalue weighted by Gasteiger charge is -2.48. The third-order valence-corrected chi connectivity index (χ3v) is 16.1. The van der Waals surface area contributed by atoms with E-state index in [1.54, 1.807) is 24.3 Å². The van der Waals surface area contributed by atoms with E-state index in [0.29, 0.717) is 22.4 Å². The number of hydrogen-bond acceptors (Lipinski definition) is 6. The monoisotopic (exact) mass is 506 g/mol. The summed E-state index contributed by atoms with van der Waals surface area (Å²) in [6.45, 7) is 13.0. The zero-order chi connectivity index (χ0) is 25.5. The van der Waals surface area contributed by atoms with Crippen LogP contribution < -0.4 is 0 Å². The van der Waals surface area contributed by atoms with Gasteiger partial charge in [-0.25, -0.2) is 8.42 Å². The molecular weight excluding hydrogens is 468 g/mol. The molecule has 2 aliphatic rings. The Morgan fingerprint density at radius 3 is 2.06 bits per heavy atom. The van der Waals surface area contributed by atoms with Gasteiger partial charge >= 0.3 is 0 Å². The number of Topliss-reactive ketones (excluding diaryl/α,β-unsaturated/α-hetero) is 2. The van der Waals surface area contributed by atoms with Gasteiger partial charge in [-0.05, 0) is 41.3 Å². The predicted molar refractivity (Wildman–Crippen MR) is 135 cm³/mol. The van der Waals surface area contributed by atoms with Crippen molar-refractivity contribution >= 4 is 29.7 Å². The first-order chi connectivity index (χ1) is 15.9. The van der Waals surface area contributed by atoms with E-state index in [2.05, 4.69) is 41.5 Å². The first kappa shape index (κ1) is 26.8. The highest BCUT2D eigenvalue weighted by atomic mass is 32.2. The molecule has 34 heavy (non-hydrogen) atoms. The number of ketones is 2. The van der Waals surface area contributed by atoms with Gasteiger partial charge < -0.3 is 9.16 Å². The quantitative estimate of drug-likeness (QED) is 0.433. The number of ether oxygens (including phenoxy) is 1. The van der Waals surface area contributed by atoms with E-state index >= 15 is 0 Å². The molecule has 0 amide bonds. The molecule has 1 aromatic carbocycles. The topological polar surface area (TPSA) is 86.7 Å². The molecular formula is C26H38O6SSi. The molecule has 0 saturated heterocycles. The molecule has 6 nitrogen and oxygen atoms in total. The number of allylic oxidation sites excluding steroid dienone is 1. The maximum atomic E-state index is 14.0. The summed E-state index contributed by atoms with van der Waals surface area (Å²) >= 11 is 0. The van der Waals surface area contributed by atoms with Crippen LogP contribution in [0.1, 0.15) is 54.4 Å². The summed E-state index contributed by atoms with van der Waals surface area (Å²) in [4.78, 5) is 27.5. The lowest BCUT2D eigenvalue weighted by molar-refractivity contribution is -0.146. The van der Waals surface area contributed by atoms with E-state index in [4.69, 9.17) is 9.16 Å². The van der Waals surface area contributed by atoms with Crippen molar-refractivity contribution < 1.29 is 27.2 Å². The van der Waals surface area contributed by atoms with Crippen molar-refractivity contribution in [3.63, 3.8) is 0 Å². The SMILES string of the molecule is COC1=CC[C@H]2C(=O)[C@]1(CO[Si](C(C)C)(C(C)C)C(C)C)CC(=O)C2S(=O)(=O)c1ccccc1. The van der Waals surface area contributed by atoms with Gasteiger partial charge in [0.25, 0.3) is 0 Å². The van der Waals surface area contributed by atoms with E-state index in [1.165, 1.54) is 19.2 Å². The number of benzene rings is 1. The second-order valence-electron chi connectivity index (χ2n) is 10.6. The number of rotatable bonds is 9. The van der Waals surface area contributed by atoms with E-state index < -0.39 is 40.5 Å². The smallest absolute Gasteiger partial charge is 0.200 e. The molecule has 188 valence electrons.